The van der Waals surface area contributed by atoms with Gasteiger partial charge in [-0.05, 0) is 25.7 Å². The van der Waals surface area contributed by atoms with Crippen molar-refractivity contribution >= 4 is 12.3 Å². The molecule has 0 rings (SSSR count). The summed E-state index contributed by atoms with van der Waals surface area (Å²) in [6.07, 6.45) is 7.78. The SMILES string of the molecule is CCC(CCCCCCC=O)OC(=O)C(C)C. The van der Waals surface area contributed by atoms with Gasteiger partial charge in [-0.1, -0.05) is 33.6 Å². The Labute approximate surface area is 105 Å². The molecule has 0 bridgehead atoms. The fourth-order valence-electron chi connectivity index (χ4n) is 1.60. The molecule has 3 nitrogen and oxygen atoms in total. The van der Waals surface area contributed by atoms with Crippen LogP contribution in [0.5, 0.6) is 0 Å². The second kappa shape index (κ2) is 10.3. The highest BCUT2D eigenvalue weighted by Gasteiger charge is 2.14. The highest BCUT2D eigenvalue weighted by molar-refractivity contribution is 5.71. The van der Waals surface area contributed by atoms with Gasteiger partial charge in [0.05, 0.1) is 5.92 Å². The maximum Gasteiger partial charge on any atom is 0.308 e. The van der Waals surface area contributed by atoms with Crippen LogP contribution in [0.1, 0.15) is 65.7 Å². The molecule has 0 aliphatic rings. The van der Waals surface area contributed by atoms with Crippen molar-refractivity contribution in [1.82, 2.24) is 0 Å². The standard InChI is InChI=1S/C14H26O3/c1-4-13(17-14(16)12(2)3)10-8-6-5-7-9-11-15/h11-13H,4-10H2,1-3H3. The topological polar surface area (TPSA) is 43.4 Å². The maximum atomic E-state index is 11.4. The van der Waals surface area contributed by atoms with Crippen LogP contribution < -0.4 is 0 Å². The second-order valence-electron chi connectivity index (χ2n) is 4.78. The molecule has 17 heavy (non-hydrogen) atoms. The third-order valence-corrected chi connectivity index (χ3v) is 2.81. The lowest BCUT2D eigenvalue weighted by Crippen LogP contribution is -2.21. The number of carbonyl (C=O) groups excluding carboxylic acids is 2. The summed E-state index contributed by atoms with van der Waals surface area (Å²) >= 11 is 0. The molecule has 0 aromatic carbocycles. The molecule has 0 aliphatic carbocycles. The molecule has 0 amide bonds. The minimum Gasteiger partial charge on any atom is -0.462 e. The van der Waals surface area contributed by atoms with Gasteiger partial charge >= 0.3 is 5.97 Å². The summed E-state index contributed by atoms with van der Waals surface area (Å²) in [7, 11) is 0. The van der Waals surface area contributed by atoms with Crippen LogP contribution in [0.4, 0.5) is 0 Å². The molecule has 3 heteroatoms. The minimum atomic E-state index is -0.0993. The predicted molar refractivity (Wildman–Crippen MR) is 68.8 cm³/mol. The van der Waals surface area contributed by atoms with Crippen LogP contribution >= 0.6 is 0 Å². The first-order chi connectivity index (χ1) is 8.11. The Morgan fingerprint density at radius 2 is 1.82 bits per heavy atom. The van der Waals surface area contributed by atoms with Gasteiger partial charge in [-0.3, -0.25) is 4.79 Å². The molecule has 1 atom stereocenters. The Balaban J connectivity index is 3.61. The predicted octanol–water partition coefficient (Wildman–Crippen LogP) is 3.50. The van der Waals surface area contributed by atoms with E-state index in [-0.39, 0.29) is 18.0 Å². The van der Waals surface area contributed by atoms with Crippen molar-refractivity contribution in [1.29, 1.82) is 0 Å². The second-order valence-corrected chi connectivity index (χ2v) is 4.78. The number of hydrogen-bond acceptors (Lipinski definition) is 3. The molecule has 0 spiro atoms. The van der Waals surface area contributed by atoms with Crippen molar-refractivity contribution in [3.8, 4) is 0 Å². The van der Waals surface area contributed by atoms with Gasteiger partial charge in [0.25, 0.3) is 0 Å². The molecule has 0 N–H and O–H groups in total. The number of rotatable bonds is 10. The van der Waals surface area contributed by atoms with E-state index in [1.807, 2.05) is 20.8 Å². The van der Waals surface area contributed by atoms with Crippen molar-refractivity contribution in [2.24, 2.45) is 5.92 Å². The van der Waals surface area contributed by atoms with Crippen LogP contribution in [0.15, 0.2) is 0 Å². The first kappa shape index (κ1) is 16.1. The van der Waals surface area contributed by atoms with E-state index in [1.54, 1.807) is 0 Å². The molecule has 1 unspecified atom stereocenters. The van der Waals surface area contributed by atoms with E-state index in [2.05, 4.69) is 0 Å². The highest BCUT2D eigenvalue weighted by Crippen LogP contribution is 2.13. The van der Waals surface area contributed by atoms with Gasteiger partial charge < -0.3 is 9.53 Å². The van der Waals surface area contributed by atoms with Crippen LogP contribution in [0.25, 0.3) is 0 Å². The summed E-state index contributed by atoms with van der Waals surface area (Å²) < 4.78 is 5.39. The lowest BCUT2D eigenvalue weighted by atomic mass is 10.1. The van der Waals surface area contributed by atoms with Crippen molar-refractivity contribution in [2.45, 2.75) is 71.8 Å². The first-order valence-corrected chi connectivity index (χ1v) is 6.75. The zero-order valence-corrected chi connectivity index (χ0v) is 11.4. The van der Waals surface area contributed by atoms with E-state index in [1.165, 1.54) is 0 Å². The monoisotopic (exact) mass is 242 g/mol. The van der Waals surface area contributed by atoms with Gasteiger partial charge in [0.2, 0.25) is 0 Å². The van der Waals surface area contributed by atoms with E-state index in [0.717, 1.165) is 44.8 Å². The quantitative estimate of drug-likeness (QED) is 0.334. The normalized spacial score (nSPS) is 12.5. The molecular formula is C14H26O3. The summed E-state index contributed by atoms with van der Waals surface area (Å²) in [5, 5.41) is 0. The van der Waals surface area contributed by atoms with E-state index in [9.17, 15) is 9.59 Å². The molecule has 0 fully saturated rings. The Kier molecular flexibility index (Phi) is 9.78. The largest absolute Gasteiger partial charge is 0.462 e. The van der Waals surface area contributed by atoms with Crippen molar-refractivity contribution < 1.29 is 14.3 Å². The lowest BCUT2D eigenvalue weighted by molar-refractivity contribution is -0.153. The van der Waals surface area contributed by atoms with Crippen molar-refractivity contribution in [3.63, 3.8) is 0 Å². The van der Waals surface area contributed by atoms with Gasteiger partial charge in [0.1, 0.15) is 12.4 Å². The van der Waals surface area contributed by atoms with Crippen LogP contribution in [0.2, 0.25) is 0 Å². The summed E-state index contributed by atoms with van der Waals surface area (Å²) in [5.41, 5.74) is 0. The van der Waals surface area contributed by atoms with Gasteiger partial charge in [0.15, 0.2) is 0 Å². The number of ether oxygens (including phenoxy) is 1. The maximum absolute atomic E-state index is 11.4. The zero-order chi connectivity index (χ0) is 13.1. The van der Waals surface area contributed by atoms with E-state index >= 15 is 0 Å². The molecule has 0 heterocycles. The van der Waals surface area contributed by atoms with E-state index in [0.29, 0.717) is 6.42 Å². The number of unbranched alkanes of at least 4 members (excludes halogenated alkanes) is 4. The smallest absolute Gasteiger partial charge is 0.308 e. The number of aldehydes is 1. The Morgan fingerprint density at radius 1 is 1.18 bits per heavy atom. The summed E-state index contributed by atoms with van der Waals surface area (Å²) in [5.74, 6) is -0.144. The van der Waals surface area contributed by atoms with E-state index in [4.69, 9.17) is 4.74 Å². The number of carbonyl (C=O) groups is 2. The summed E-state index contributed by atoms with van der Waals surface area (Å²) in [4.78, 5) is 21.5. The van der Waals surface area contributed by atoms with Gasteiger partial charge in [-0.25, -0.2) is 0 Å². The molecule has 0 aliphatic heterocycles. The Morgan fingerprint density at radius 3 is 2.35 bits per heavy atom. The molecule has 100 valence electrons. The number of hydrogen-bond donors (Lipinski definition) is 0. The molecule has 0 radical (unpaired) electrons. The van der Waals surface area contributed by atoms with Crippen LogP contribution in [0, 0.1) is 5.92 Å². The average Bonchev–Trinajstić information content (AvgIpc) is 2.31. The van der Waals surface area contributed by atoms with Crippen LogP contribution in [0.3, 0.4) is 0 Å². The fraction of sp³-hybridized carbons (Fsp3) is 0.857. The molecule has 0 saturated carbocycles. The molecule has 0 saturated heterocycles. The molecular weight excluding hydrogens is 216 g/mol. The molecule has 0 aromatic rings. The minimum absolute atomic E-state index is 0.0448. The average molecular weight is 242 g/mol. The van der Waals surface area contributed by atoms with Gasteiger partial charge in [0, 0.05) is 6.42 Å². The fourth-order valence-corrected chi connectivity index (χ4v) is 1.60. The zero-order valence-electron chi connectivity index (χ0n) is 11.4. The van der Waals surface area contributed by atoms with Gasteiger partial charge in [-0.15, -0.1) is 0 Å². The summed E-state index contributed by atoms with van der Waals surface area (Å²) in [6, 6.07) is 0. The Bertz CT molecular complexity index is 212. The van der Waals surface area contributed by atoms with Crippen LogP contribution in [-0.2, 0) is 14.3 Å². The van der Waals surface area contributed by atoms with E-state index < -0.39 is 0 Å². The lowest BCUT2D eigenvalue weighted by Gasteiger charge is -2.17. The van der Waals surface area contributed by atoms with Crippen molar-refractivity contribution in [2.75, 3.05) is 0 Å². The first-order valence-electron chi connectivity index (χ1n) is 6.75. The number of esters is 1. The highest BCUT2D eigenvalue weighted by atomic mass is 16.5. The third-order valence-electron chi connectivity index (χ3n) is 2.81. The molecule has 0 aromatic heterocycles. The Hall–Kier alpha value is -0.860. The summed E-state index contributed by atoms with van der Waals surface area (Å²) in [6.45, 7) is 5.76. The van der Waals surface area contributed by atoms with Gasteiger partial charge in [-0.2, -0.15) is 0 Å². The van der Waals surface area contributed by atoms with Crippen molar-refractivity contribution in [3.05, 3.63) is 0 Å². The van der Waals surface area contributed by atoms with Crippen LogP contribution in [-0.4, -0.2) is 18.4 Å². The third kappa shape index (κ3) is 8.90.